The number of carboxylic acid groups (broad SMARTS) is 1. The fraction of sp³-hybridized carbons (Fsp3) is 0.857. The van der Waals surface area contributed by atoms with Crippen LogP contribution in [0, 0.1) is 5.92 Å². The topological polar surface area (TPSA) is 60.8 Å². The van der Waals surface area contributed by atoms with Gasteiger partial charge in [-0.25, -0.2) is 4.79 Å². The molecular formula is C7H11NO3. The van der Waals surface area contributed by atoms with Crippen LogP contribution in [0.2, 0.25) is 0 Å². The van der Waals surface area contributed by atoms with Crippen molar-refractivity contribution in [1.82, 2.24) is 4.90 Å². The summed E-state index contributed by atoms with van der Waals surface area (Å²) in [5.74, 6) is 0.545. The lowest BCUT2D eigenvalue weighted by Gasteiger charge is -2.22. The van der Waals surface area contributed by atoms with Crippen LogP contribution in [-0.2, 0) is 0 Å². The number of piperidine rings is 1. The Kier molecular flexibility index (Phi) is 1.32. The number of hydrogen-bond acceptors (Lipinski definition) is 2. The summed E-state index contributed by atoms with van der Waals surface area (Å²) in [6, 6.07) is 0.0981. The molecule has 1 aliphatic heterocycles. The molecule has 2 aliphatic rings. The third kappa shape index (κ3) is 0.894. The van der Waals surface area contributed by atoms with Crippen LogP contribution in [0.25, 0.3) is 0 Å². The van der Waals surface area contributed by atoms with E-state index >= 15 is 0 Å². The first-order valence-electron chi connectivity index (χ1n) is 3.86. The van der Waals surface area contributed by atoms with Gasteiger partial charge in [0.15, 0.2) is 0 Å². The Labute approximate surface area is 64.4 Å². The third-order valence-corrected chi connectivity index (χ3v) is 2.64. The maximum absolute atomic E-state index is 10.6. The van der Waals surface area contributed by atoms with E-state index in [9.17, 15) is 4.79 Å². The summed E-state index contributed by atoms with van der Waals surface area (Å²) in [5.41, 5.74) is 0. The highest BCUT2D eigenvalue weighted by Gasteiger charge is 2.53. The van der Waals surface area contributed by atoms with Crippen molar-refractivity contribution in [3.05, 3.63) is 0 Å². The van der Waals surface area contributed by atoms with E-state index in [-0.39, 0.29) is 18.7 Å². The Bertz CT molecular complexity index is 194. The third-order valence-electron chi connectivity index (χ3n) is 2.64. The lowest BCUT2D eigenvalue weighted by molar-refractivity contribution is 0.106. The van der Waals surface area contributed by atoms with E-state index in [0.717, 1.165) is 12.8 Å². The van der Waals surface area contributed by atoms with Gasteiger partial charge in [-0.2, -0.15) is 0 Å². The molecule has 1 amide bonds. The van der Waals surface area contributed by atoms with Gasteiger partial charge in [0.2, 0.25) is 0 Å². The summed E-state index contributed by atoms with van der Waals surface area (Å²) in [4.78, 5) is 12.0. The Morgan fingerprint density at radius 1 is 1.55 bits per heavy atom. The lowest BCUT2D eigenvalue weighted by atomic mass is 10.2. The highest BCUT2D eigenvalue weighted by Crippen LogP contribution is 2.47. The van der Waals surface area contributed by atoms with E-state index in [1.165, 1.54) is 4.90 Å². The zero-order valence-electron chi connectivity index (χ0n) is 6.10. The van der Waals surface area contributed by atoms with Crippen LogP contribution in [0.5, 0.6) is 0 Å². The van der Waals surface area contributed by atoms with E-state index in [1.54, 1.807) is 0 Å². The zero-order valence-corrected chi connectivity index (χ0v) is 6.10. The predicted octanol–water partition coefficient (Wildman–Crippen LogP) is 0.119. The Balaban J connectivity index is 2.08. The van der Waals surface area contributed by atoms with E-state index in [4.69, 9.17) is 10.2 Å². The Hall–Kier alpha value is -0.770. The van der Waals surface area contributed by atoms with Gasteiger partial charge in [-0.05, 0) is 18.8 Å². The molecule has 2 fully saturated rings. The van der Waals surface area contributed by atoms with Crippen molar-refractivity contribution in [2.24, 2.45) is 5.92 Å². The van der Waals surface area contributed by atoms with Gasteiger partial charge in [-0.1, -0.05) is 0 Å². The van der Waals surface area contributed by atoms with Crippen LogP contribution in [0.15, 0.2) is 0 Å². The molecule has 2 rings (SSSR count). The monoisotopic (exact) mass is 157 g/mol. The van der Waals surface area contributed by atoms with Crippen LogP contribution in [0.3, 0.4) is 0 Å². The molecule has 1 saturated carbocycles. The molecule has 0 aromatic carbocycles. The highest BCUT2D eigenvalue weighted by molar-refractivity contribution is 5.67. The molecule has 11 heavy (non-hydrogen) atoms. The molecule has 2 N–H and O–H groups in total. The Morgan fingerprint density at radius 3 is 2.73 bits per heavy atom. The molecule has 0 unspecified atom stereocenters. The summed E-state index contributed by atoms with van der Waals surface area (Å²) in [6.07, 6.45) is 0.977. The zero-order chi connectivity index (χ0) is 8.01. The molecule has 0 aromatic rings. The summed E-state index contributed by atoms with van der Waals surface area (Å²) in [6.45, 7) is -0.0285. The van der Waals surface area contributed by atoms with Gasteiger partial charge in [0.25, 0.3) is 0 Å². The van der Waals surface area contributed by atoms with Crippen LogP contribution < -0.4 is 0 Å². The number of hydrogen-bond donors (Lipinski definition) is 2. The van der Waals surface area contributed by atoms with Gasteiger partial charge in [0.1, 0.15) is 0 Å². The van der Waals surface area contributed by atoms with E-state index < -0.39 is 6.09 Å². The minimum Gasteiger partial charge on any atom is -0.465 e. The van der Waals surface area contributed by atoms with Gasteiger partial charge < -0.3 is 10.2 Å². The van der Waals surface area contributed by atoms with Crippen molar-refractivity contribution >= 4 is 6.09 Å². The second kappa shape index (κ2) is 2.11. The fourth-order valence-corrected chi connectivity index (χ4v) is 2.02. The van der Waals surface area contributed by atoms with Crippen LogP contribution in [0.4, 0.5) is 4.79 Å². The average molecular weight is 157 g/mol. The van der Waals surface area contributed by atoms with Crippen molar-refractivity contribution in [3.8, 4) is 0 Å². The number of likely N-dealkylation sites (tertiary alicyclic amines) is 1. The summed E-state index contributed by atoms with van der Waals surface area (Å²) in [7, 11) is 0. The predicted molar refractivity (Wildman–Crippen MR) is 37.2 cm³/mol. The SMILES string of the molecule is O=C(O)N1[C@H](CO)C[C@H]2C[C@H]21. The lowest BCUT2D eigenvalue weighted by Crippen LogP contribution is -2.39. The van der Waals surface area contributed by atoms with Crippen molar-refractivity contribution in [1.29, 1.82) is 0 Å². The fourth-order valence-electron chi connectivity index (χ4n) is 2.02. The van der Waals surface area contributed by atoms with Gasteiger partial charge in [-0.15, -0.1) is 0 Å². The van der Waals surface area contributed by atoms with Gasteiger partial charge in [0, 0.05) is 6.04 Å². The number of aliphatic hydroxyl groups is 1. The van der Waals surface area contributed by atoms with Crippen molar-refractivity contribution < 1.29 is 15.0 Å². The van der Waals surface area contributed by atoms with E-state index in [0.29, 0.717) is 5.92 Å². The van der Waals surface area contributed by atoms with Crippen molar-refractivity contribution in [3.63, 3.8) is 0 Å². The Morgan fingerprint density at radius 2 is 2.27 bits per heavy atom. The molecular weight excluding hydrogens is 146 g/mol. The van der Waals surface area contributed by atoms with Crippen LogP contribution in [0.1, 0.15) is 12.8 Å². The first kappa shape index (κ1) is 6.91. The molecule has 4 heteroatoms. The molecule has 1 saturated heterocycles. The standard InChI is InChI=1S/C7H11NO3/c9-3-5-1-4-2-6(4)8(5)7(10)11/h4-6,9H,1-3H2,(H,10,11)/t4-,5-,6+/m0/s1. The average Bonchev–Trinajstić information content (AvgIpc) is 2.61. The second-order valence-corrected chi connectivity index (χ2v) is 3.33. The normalized spacial score (nSPS) is 40.5. The maximum atomic E-state index is 10.6. The molecule has 1 heterocycles. The molecule has 0 bridgehead atoms. The van der Waals surface area contributed by atoms with Crippen molar-refractivity contribution in [2.75, 3.05) is 6.61 Å². The highest BCUT2D eigenvalue weighted by atomic mass is 16.4. The van der Waals surface area contributed by atoms with Crippen molar-refractivity contribution in [2.45, 2.75) is 24.9 Å². The first-order valence-corrected chi connectivity index (χ1v) is 3.86. The largest absolute Gasteiger partial charge is 0.465 e. The number of fused-ring (bicyclic) bond motifs is 1. The van der Waals surface area contributed by atoms with Crippen LogP contribution in [-0.4, -0.2) is 39.9 Å². The smallest absolute Gasteiger partial charge is 0.407 e. The summed E-state index contributed by atoms with van der Waals surface area (Å²) < 4.78 is 0. The van der Waals surface area contributed by atoms with Gasteiger partial charge >= 0.3 is 6.09 Å². The molecule has 1 aliphatic carbocycles. The molecule has 0 radical (unpaired) electrons. The maximum Gasteiger partial charge on any atom is 0.407 e. The number of amides is 1. The number of nitrogens with zero attached hydrogens (tertiary/aromatic N) is 1. The number of rotatable bonds is 1. The minimum absolute atomic E-state index is 0.0285. The van der Waals surface area contributed by atoms with Gasteiger partial charge in [-0.3, -0.25) is 4.90 Å². The number of carbonyl (C=O) groups is 1. The molecule has 4 nitrogen and oxygen atoms in total. The quantitative estimate of drug-likeness (QED) is 0.568. The molecule has 3 atom stereocenters. The molecule has 0 spiro atoms. The number of aliphatic hydroxyl groups excluding tert-OH is 1. The molecule has 0 aromatic heterocycles. The minimum atomic E-state index is -0.881. The second-order valence-electron chi connectivity index (χ2n) is 3.33. The van der Waals surface area contributed by atoms with E-state index in [1.807, 2.05) is 0 Å². The summed E-state index contributed by atoms with van der Waals surface area (Å²) >= 11 is 0. The first-order chi connectivity index (χ1) is 5.24. The van der Waals surface area contributed by atoms with Gasteiger partial charge in [0.05, 0.1) is 12.6 Å². The summed E-state index contributed by atoms with van der Waals surface area (Å²) in [5, 5.41) is 17.5. The van der Waals surface area contributed by atoms with Crippen LogP contribution >= 0.6 is 0 Å². The van der Waals surface area contributed by atoms with E-state index in [2.05, 4.69) is 0 Å². The molecule has 62 valence electrons.